The van der Waals surface area contributed by atoms with Gasteiger partial charge in [0.1, 0.15) is 23.6 Å². The van der Waals surface area contributed by atoms with Crippen LogP contribution in [-0.4, -0.2) is 15.0 Å². The molecule has 0 fully saturated rings. The van der Waals surface area contributed by atoms with Crippen LogP contribution in [0.5, 0.6) is 11.5 Å². The number of nitrogens with one attached hydrogen (secondary N) is 1. The van der Waals surface area contributed by atoms with Crippen LogP contribution in [0.4, 0.5) is 15.9 Å². The van der Waals surface area contributed by atoms with Crippen LogP contribution in [0.2, 0.25) is 0 Å². The number of hydrogen-bond acceptors (Lipinski definition) is 5. The number of pyridine rings is 1. The zero-order chi connectivity index (χ0) is 19.7. The van der Waals surface area contributed by atoms with E-state index in [1.165, 1.54) is 6.33 Å². The fourth-order valence-electron chi connectivity index (χ4n) is 2.80. The molecule has 0 spiro atoms. The molecular formula is C21H16BrFN4O. The normalized spacial score (nSPS) is 10.9. The summed E-state index contributed by atoms with van der Waals surface area (Å²) >= 11 is 3.21. The second kappa shape index (κ2) is 7.52. The van der Waals surface area contributed by atoms with Crippen LogP contribution in [0, 0.1) is 19.7 Å². The molecule has 0 atom stereocenters. The van der Waals surface area contributed by atoms with E-state index in [0.29, 0.717) is 26.9 Å². The lowest BCUT2D eigenvalue weighted by molar-refractivity contribution is 0.476. The summed E-state index contributed by atoms with van der Waals surface area (Å²) in [6, 6.07) is 12.8. The topological polar surface area (TPSA) is 59.9 Å². The van der Waals surface area contributed by atoms with Crippen LogP contribution in [-0.2, 0) is 0 Å². The largest absolute Gasteiger partial charge is 0.455 e. The molecule has 28 heavy (non-hydrogen) atoms. The number of anilines is 2. The zero-order valence-corrected chi connectivity index (χ0v) is 16.8. The molecule has 2 aromatic heterocycles. The Kier molecular flexibility index (Phi) is 4.92. The number of halogens is 2. The Hall–Kier alpha value is -3.06. The highest BCUT2D eigenvalue weighted by Crippen LogP contribution is 2.32. The number of rotatable bonds is 4. The zero-order valence-electron chi connectivity index (χ0n) is 15.2. The number of hydrogen-bond donors (Lipinski definition) is 1. The fourth-order valence-corrected chi connectivity index (χ4v) is 3.13. The second-order valence-corrected chi connectivity index (χ2v) is 7.17. The predicted octanol–water partition coefficient (Wildman–Crippen LogP) is 6.08. The molecule has 7 heteroatoms. The summed E-state index contributed by atoms with van der Waals surface area (Å²) in [4.78, 5) is 12.6. The molecule has 1 N–H and O–H groups in total. The van der Waals surface area contributed by atoms with E-state index in [1.807, 2.05) is 44.2 Å². The quantitative estimate of drug-likeness (QED) is 0.418. The van der Waals surface area contributed by atoms with Gasteiger partial charge in [-0.2, -0.15) is 0 Å². The molecule has 0 aliphatic rings. The number of aromatic nitrogens is 3. The van der Waals surface area contributed by atoms with Crippen molar-refractivity contribution >= 4 is 38.3 Å². The lowest BCUT2D eigenvalue weighted by Gasteiger charge is -2.13. The third kappa shape index (κ3) is 3.66. The van der Waals surface area contributed by atoms with Crippen molar-refractivity contribution in [2.75, 3.05) is 5.32 Å². The van der Waals surface area contributed by atoms with Crippen molar-refractivity contribution in [3.63, 3.8) is 0 Å². The van der Waals surface area contributed by atoms with E-state index in [2.05, 4.69) is 36.2 Å². The summed E-state index contributed by atoms with van der Waals surface area (Å²) in [5, 5.41) is 3.51. The first kappa shape index (κ1) is 18.3. The van der Waals surface area contributed by atoms with Crippen LogP contribution in [0.15, 0.2) is 59.5 Å². The highest BCUT2D eigenvalue weighted by atomic mass is 79.9. The van der Waals surface area contributed by atoms with Crippen molar-refractivity contribution in [2.24, 2.45) is 0 Å². The van der Waals surface area contributed by atoms with Crippen LogP contribution in [0.1, 0.15) is 11.3 Å². The molecule has 140 valence electrons. The molecular weight excluding hydrogens is 423 g/mol. The smallest absolute Gasteiger partial charge is 0.150 e. The number of ether oxygens (including phenoxy) is 1. The average molecular weight is 439 g/mol. The van der Waals surface area contributed by atoms with Gasteiger partial charge in [-0.25, -0.2) is 14.4 Å². The molecule has 2 aromatic carbocycles. The van der Waals surface area contributed by atoms with Gasteiger partial charge in [0.2, 0.25) is 0 Å². The van der Waals surface area contributed by atoms with Gasteiger partial charge in [-0.05, 0) is 77.8 Å². The summed E-state index contributed by atoms with van der Waals surface area (Å²) in [5.41, 5.74) is 3.15. The number of fused-ring (bicyclic) bond motifs is 1. The van der Waals surface area contributed by atoms with Gasteiger partial charge in [-0.3, -0.25) is 4.98 Å². The molecule has 0 saturated heterocycles. The van der Waals surface area contributed by atoms with Crippen LogP contribution in [0.25, 0.3) is 10.9 Å². The molecule has 0 radical (unpaired) electrons. The maximum Gasteiger partial charge on any atom is 0.150 e. The summed E-state index contributed by atoms with van der Waals surface area (Å²) in [6.07, 6.45) is 3.10. The molecule has 0 aliphatic heterocycles. The maximum absolute atomic E-state index is 14.6. The SMILES string of the molecule is Cc1ccc(Oc2ccc(Nc3ncnc4ccc(Br)c(F)c34)cc2C)cn1. The van der Waals surface area contributed by atoms with Gasteiger partial charge in [0, 0.05) is 11.4 Å². The summed E-state index contributed by atoms with van der Waals surface area (Å²) in [7, 11) is 0. The molecule has 2 heterocycles. The standard InChI is InChI=1S/C21H16BrFN4O/c1-12-9-14(4-8-18(12)28-15-5-3-13(2)24-10-15)27-21-19-17(25-11-26-21)7-6-16(22)20(19)23/h3-11H,1-2H3,(H,25,26,27). The molecule has 0 aliphatic carbocycles. The molecule has 5 nitrogen and oxygen atoms in total. The van der Waals surface area contributed by atoms with Crippen LogP contribution >= 0.6 is 15.9 Å². The maximum atomic E-state index is 14.6. The minimum absolute atomic E-state index is 0.334. The van der Waals surface area contributed by atoms with E-state index < -0.39 is 5.82 Å². The minimum atomic E-state index is -0.399. The summed E-state index contributed by atoms with van der Waals surface area (Å²) in [6.45, 7) is 3.87. The first-order valence-electron chi connectivity index (χ1n) is 8.58. The Morgan fingerprint density at radius 1 is 1.00 bits per heavy atom. The number of aryl methyl sites for hydroxylation is 2. The first-order chi connectivity index (χ1) is 13.5. The van der Waals surface area contributed by atoms with Crippen molar-refractivity contribution in [3.05, 3.63) is 76.5 Å². The van der Waals surface area contributed by atoms with Gasteiger partial charge >= 0.3 is 0 Å². The highest BCUT2D eigenvalue weighted by Gasteiger charge is 2.13. The van der Waals surface area contributed by atoms with Crippen molar-refractivity contribution in [1.29, 1.82) is 0 Å². The molecule has 0 saturated carbocycles. The number of benzene rings is 2. The van der Waals surface area contributed by atoms with Gasteiger partial charge in [0.15, 0.2) is 5.82 Å². The Morgan fingerprint density at radius 2 is 1.86 bits per heavy atom. The van der Waals surface area contributed by atoms with Crippen LogP contribution in [0.3, 0.4) is 0 Å². The third-order valence-electron chi connectivity index (χ3n) is 4.24. The number of nitrogens with zero attached hydrogens (tertiary/aromatic N) is 3. The van der Waals surface area contributed by atoms with Crippen molar-refractivity contribution in [3.8, 4) is 11.5 Å². The van der Waals surface area contributed by atoms with E-state index in [4.69, 9.17) is 4.74 Å². The molecule has 4 rings (SSSR count). The minimum Gasteiger partial charge on any atom is -0.455 e. The molecule has 0 unspecified atom stereocenters. The van der Waals surface area contributed by atoms with Crippen LogP contribution < -0.4 is 10.1 Å². The lowest BCUT2D eigenvalue weighted by atomic mass is 10.2. The lowest BCUT2D eigenvalue weighted by Crippen LogP contribution is -1.99. The summed E-state index contributed by atoms with van der Waals surface area (Å²) in [5.74, 6) is 1.39. The van der Waals surface area contributed by atoms with Gasteiger partial charge in [-0.1, -0.05) is 0 Å². The van der Waals surface area contributed by atoms with Gasteiger partial charge in [-0.15, -0.1) is 0 Å². The fraction of sp³-hybridized carbons (Fsp3) is 0.0952. The van der Waals surface area contributed by atoms with Gasteiger partial charge in [0.05, 0.1) is 21.6 Å². The third-order valence-corrected chi connectivity index (χ3v) is 4.86. The average Bonchev–Trinajstić information content (AvgIpc) is 2.69. The molecule has 0 amide bonds. The van der Waals surface area contributed by atoms with E-state index in [1.54, 1.807) is 18.3 Å². The van der Waals surface area contributed by atoms with E-state index in [-0.39, 0.29) is 0 Å². The Morgan fingerprint density at radius 3 is 2.61 bits per heavy atom. The highest BCUT2D eigenvalue weighted by molar-refractivity contribution is 9.10. The van der Waals surface area contributed by atoms with Crippen molar-refractivity contribution in [1.82, 2.24) is 15.0 Å². The second-order valence-electron chi connectivity index (χ2n) is 6.32. The van der Waals surface area contributed by atoms with E-state index >= 15 is 0 Å². The van der Waals surface area contributed by atoms with Crippen molar-refractivity contribution in [2.45, 2.75) is 13.8 Å². The van der Waals surface area contributed by atoms with E-state index in [0.717, 1.165) is 22.7 Å². The van der Waals surface area contributed by atoms with Crippen molar-refractivity contribution < 1.29 is 9.13 Å². The van der Waals surface area contributed by atoms with E-state index in [9.17, 15) is 4.39 Å². The molecule has 4 aromatic rings. The Bertz CT molecular complexity index is 1170. The first-order valence-corrected chi connectivity index (χ1v) is 9.37. The molecule has 0 bridgehead atoms. The monoisotopic (exact) mass is 438 g/mol. The Labute approximate surface area is 169 Å². The predicted molar refractivity (Wildman–Crippen MR) is 111 cm³/mol. The summed E-state index contributed by atoms with van der Waals surface area (Å²) < 4.78 is 20.8. The van der Waals surface area contributed by atoms with Gasteiger partial charge < -0.3 is 10.1 Å². The van der Waals surface area contributed by atoms with Gasteiger partial charge in [0.25, 0.3) is 0 Å². The Balaban J connectivity index is 1.63.